The second-order valence-electron chi connectivity index (χ2n) is 2.95. The summed E-state index contributed by atoms with van der Waals surface area (Å²) in [4.78, 5) is 11.8. The number of halogens is 2. The maximum atomic E-state index is 12.9. The van der Waals surface area contributed by atoms with Gasteiger partial charge in [0, 0.05) is 5.56 Å². The molecule has 0 radical (unpaired) electrons. The van der Waals surface area contributed by atoms with E-state index in [9.17, 15) is 9.18 Å². The van der Waals surface area contributed by atoms with Gasteiger partial charge in [0.15, 0.2) is 5.78 Å². The van der Waals surface area contributed by atoms with Crippen LogP contribution in [-0.2, 0) is 0 Å². The van der Waals surface area contributed by atoms with Gasteiger partial charge in [-0.2, -0.15) is 0 Å². The third-order valence-corrected chi connectivity index (χ3v) is 2.24. The first kappa shape index (κ1) is 9.93. The second-order valence-corrected chi connectivity index (χ2v) is 3.29. The highest BCUT2D eigenvalue weighted by atomic mass is 35.5. The van der Waals surface area contributed by atoms with Crippen molar-refractivity contribution in [3.63, 3.8) is 0 Å². The third-order valence-electron chi connectivity index (χ3n) is 1.95. The summed E-state index contributed by atoms with van der Waals surface area (Å²) >= 11 is 5.64. The van der Waals surface area contributed by atoms with Crippen molar-refractivity contribution < 1.29 is 13.6 Å². The van der Waals surface area contributed by atoms with Crippen molar-refractivity contribution in [2.45, 2.75) is 0 Å². The maximum absolute atomic E-state index is 12.9. The topological polar surface area (TPSA) is 30.2 Å². The van der Waals surface area contributed by atoms with E-state index in [-0.39, 0.29) is 22.1 Å². The quantitative estimate of drug-likeness (QED) is 0.733. The maximum Gasteiger partial charge on any atom is 0.204 e. The molecule has 1 aromatic heterocycles. The Morgan fingerprint density at radius 3 is 2.73 bits per heavy atom. The minimum absolute atomic E-state index is 0.0178. The lowest BCUT2D eigenvalue weighted by atomic mass is 10.1. The largest absolute Gasteiger partial charge is 0.452 e. The van der Waals surface area contributed by atoms with Crippen molar-refractivity contribution in [2.24, 2.45) is 0 Å². The molecular formula is C11H6ClFO2. The van der Waals surface area contributed by atoms with E-state index in [1.807, 2.05) is 0 Å². The molecule has 4 heteroatoms. The van der Waals surface area contributed by atoms with Crippen molar-refractivity contribution in [3.05, 3.63) is 58.8 Å². The second kappa shape index (κ2) is 3.87. The molecule has 0 aliphatic carbocycles. The summed E-state index contributed by atoms with van der Waals surface area (Å²) in [5, 5.41) is 0.0178. The molecule has 0 spiro atoms. The lowest BCUT2D eigenvalue weighted by Crippen LogP contribution is -2.00. The Balaban J connectivity index is 2.41. The van der Waals surface area contributed by atoms with Gasteiger partial charge in [0.25, 0.3) is 0 Å². The predicted octanol–water partition coefficient (Wildman–Crippen LogP) is 3.30. The van der Waals surface area contributed by atoms with E-state index in [0.29, 0.717) is 0 Å². The first-order chi connectivity index (χ1) is 7.18. The van der Waals surface area contributed by atoms with Crippen molar-refractivity contribution in [2.75, 3.05) is 0 Å². The third kappa shape index (κ3) is 1.92. The monoisotopic (exact) mass is 224 g/mol. The molecule has 1 heterocycles. The van der Waals surface area contributed by atoms with Gasteiger partial charge in [-0.3, -0.25) is 4.79 Å². The summed E-state index contributed by atoms with van der Waals surface area (Å²) < 4.78 is 17.6. The van der Waals surface area contributed by atoms with E-state index in [4.69, 9.17) is 16.0 Å². The first-order valence-corrected chi connectivity index (χ1v) is 4.59. The molecule has 2 nitrogen and oxygen atoms in total. The summed E-state index contributed by atoms with van der Waals surface area (Å²) in [6, 6.07) is 6.88. The smallest absolute Gasteiger partial charge is 0.204 e. The molecular weight excluding hydrogens is 219 g/mol. The molecule has 0 aliphatic heterocycles. The van der Waals surface area contributed by atoms with Gasteiger partial charge in [0.1, 0.15) is 5.82 Å². The lowest BCUT2D eigenvalue weighted by Gasteiger charge is -1.98. The Morgan fingerprint density at radius 1 is 1.33 bits per heavy atom. The van der Waals surface area contributed by atoms with Gasteiger partial charge in [-0.1, -0.05) is 12.1 Å². The van der Waals surface area contributed by atoms with E-state index in [1.54, 1.807) is 0 Å². The van der Waals surface area contributed by atoms with Crippen LogP contribution in [0.1, 0.15) is 15.9 Å². The van der Waals surface area contributed by atoms with Gasteiger partial charge in [-0.05, 0) is 29.8 Å². The Labute approximate surface area is 90.3 Å². The van der Waals surface area contributed by atoms with Crippen LogP contribution < -0.4 is 0 Å². The van der Waals surface area contributed by atoms with Gasteiger partial charge in [0.05, 0.1) is 11.8 Å². The summed E-state index contributed by atoms with van der Waals surface area (Å²) in [6.07, 6.45) is 1.31. The van der Waals surface area contributed by atoms with Crippen LogP contribution in [0.3, 0.4) is 0 Å². The van der Waals surface area contributed by atoms with Gasteiger partial charge in [-0.15, -0.1) is 0 Å². The Hall–Kier alpha value is -1.61. The number of carbonyl (C=O) groups excluding carboxylic acids is 1. The fraction of sp³-hybridized carbons (Fsp3) is 0. The molecule has 0 amide bonds. The Morgan fingerprint density at radius 2 is 2.13 bits per heavy atom. The van der Waals surface area contributed by atoms with Crippen molar-refractivity contribution in [1.82, 2.24) is 0 Å². The molecule has 0 saturated heterocycles. The van der Waals surface area contributed by atoms with E-state index in [0.717, 1.165) is 6.07 Å². The minimum atomic E-state index is -0.458. The van der Waals surface area contributed by atoms with E-state index >= 15 is 0 Å². The van der Waals surface area contributed by atoms with E-state index in [2.05, 4.69) is 0 Å². The van der Waals surface area contributed by atoms with Crippen LogP contribution in [0.2, 0.25) is 5.22 Å². The molecule has 0 saturated carbocycles. The highest BCUT2D eigenvalue weighted by molar-refractivity contribution is 6.33. The molecule has 0 fully saturated rings. The van der Waals surface area contributed by atoms with Crippen LogP contribution >= 0.6 is 11.6 Å². The molecule has 15 heavy (non-hydrogen) atoms. The number of hydrogen-bond acceptors (Lipinski definition) is 2. The number of ketones is 1. The van der Waals surface area contributed by atoms with E-state index < -0.39 is 5.82 Å². The molecule has 2 rings (SSSR count). The zero-order valence-corrected chi connectivity index (χ0v) is 8.29. The Kier molecular flexibility index (Phi) is 2.56. The van der Waals surface area contributed by atoms with E-state index in [1.165, 1.54) is 30.5 Å². The molecule has 0 unspecified atom stereocenters. The lowest BCUT2D eigenvalue weighted by molar-refractivity contribution is 0.103. The molecule has 0 atom stereocenters. The molecule has 2 aromatic rings. The highest BCUT2D eigenvalue weighted by Gasteiger charge is 2.15. The zero-order valence-electron chi connectivity index (χ0n) is 7.54. The van der Waals surface area contributed by atoms with Crippen LogP contribution in [-0.4, -0.2) is 5.78 Å². The van der Waals surface area contributed by atoms with Gasteiger partial charge < -0.3 is 4.42 Å². The van der Waals surface area contributed by atoms with Crippen LogP contribution in [0.25, 0.3) is 0 Å². The molecule has 0 bridgehead atoms. The standard InChI is InChI=1S/C11H6ClFO2/c12-11-9(4-5-15-11)10(14)7-2-1-3-8(13)6-7/h1-6H. The van der Waals surface area contributed by atoms with Crippen molar-refractivity contribution in [1.29, 1.82) is 0 Å². The van der Waals surface area contributed by atoms with Crippen molar-refractivity contribution >= 4 is 17.4 Å². The molecule has 0 N–H and O–H groups in total. The van der Waals surface area contributed by atoms with Crippen LogP contribution in [0.5, 0.6) is 0 Å². The summed E-state index contributed by atoms with van der Waals surface area (Å²) in [7, 11) is 0. The number of furan rings is 1. The first-order valence-electron chi connectivity index (χ1n) is 4.22. The average molecular weight is 225 g/mol. The summed E-state index contributed by atoms with van der Waals surface area (Å²) in [5.41, 5.74) is 0.487. The van der Waals surface area contributed by atoms with Crippen LogP contribution in [0.15, 0.2) is 41.0 Å². The Bertz CT molecular complexity index is 505. The normalized spacial score (nSPS) is 10.3. The van der Waals surface area contributed by atoms with Crippen LogP contribution in [0, 0.1) is 5.82 Å². The summed E-state index contributed by atoms with van der Waals surface area (Å²) in [6.45, 7) is 0. The molecule has 76 valence electrons. The SMILES string of the molecule is O=C(c1cccc(F)c1)c1ccoc1Cl. The fourth-order valence-electron chi connectivity index (χ4n) is 1.24. The van der Waals surface area contributed by atoms with Crippen molar-refractivity contribution in [3.8, 4) is 0 Å². The number of benzene rings is 1. The highest BCUT2D eigenvalue weighted by Crippen LogP contribution is 2.20. The zero-order chi connectivity index (χ0) is 10.8. The van der Waals surface area contributed by atoms with Gasteiger partial charge in [-0.25, -0.2) is 4.39 Å². The molecule has 1 aromatic carbocycles. The number of carbonyl (C=O) groups is 1. The van der Waals surface area contributed by atoms with Gasteiger partial charge >= 0.3 is 0 Å². The predicted molar refractivity (Wildman–Crippen MR) is 53.6 cm³/mol. The fourth-order valence-corrected chi connectivity index (χ4v) is 1.44. The summed E-state index contributed by atoms with van der Waals surface area (Å²) in [5.74, 6) is -0.811. The minimum Gasteiger partial charge on any atom is -0.452 e. The molecule has 0 aliphatic rings. The van der Waals surface area contributed by atoms with Gasteiger partial charge in [0.2, 0.25) is 5.22 Å². The number of rotatable bonds is 2. The van der Waals surface area contributed by atoms with Crippen LogP contribution in [0.4, 0.5) is 4.39 Å². The number of hydrogen-bond donors (Lipinski definition) is 0. The average Bonchev–Trinajstić information content (AvgIpc) is 2.63.